The van der Waals surface area contributed by atoms with Crippen molar-refractivity contribution in [2.24, 2.45) is 0 Å². The van der Waals surface area contributed by atoms with Gasteiger partial charge in [0.15, 0.2) is 0 Å². The van der Waals surface area contributed by atoms with Gasteiger partial charge in [0.25, 0.3) is 0 Å². The highest BCUT2D eigenvalue weighted by Gasteiger charge is 2.43. The Hall–Kier alpha value is -5.75. The first-order chi connectivity index (χ1) is 28.5. The fraction of sp³-hybridized carbons (Fsp3) is 0.148. The van der Waals surface area contributed by atoms with E-state index in [1.807, 2.05) is 23.3 Å². The Morgan fingerprint density at radius 1 is 0.542 bits per heavy atom. The van der Waals surface area contributed by atoms with Crippen LogP contribution in [-0.2, 0) is 10.8 Å². The van der Waals surface area contributed by atoms with Crippen LogP contribution >= 0.6 is 23.3 Å². The topological polar surface area (TPSA) is 6.48 Å². The van der Waals surface area contributed by atoms with Gasteiger partial charge in [0.05, 0.1) is 11.4 Å². The third-order valence-corrected chi connectivity index (χ3v) is 14.2. The fourth-order valence-corrected chi connectivity index (χ4v) is 11.4. The van der Waals surface area contributed by atoms with Crippen LogP contribution in [0, 0.1) is 0 Å². The largest absolute Gasteiger partial charge is 0.311 e. The van der Waals surface area contributed by atoms with E-state index in [1.54, 1.807) is 0 Å². The van der Waals surface area contributed by atoms with Crippen LogP contribution < -0.4 is 20.1 Å². The summed E-state index contributed by atoms with van der Waals surface area (Å²) in [4.78, 5) is 3.78. The maximum atomic E-state index is 5.11. The van der Waals surface area contributed by atoms with E-state index in [-0.39, 0.29) is 17.5 Å². The zero-order valence-electron chi connectivity index (χ0n) is 34.6. The highest BCUT2D eigenvalue weighted by Crippen LogP contribution is 2.51. The standard InChI is InChI=1S/C54H47BN2S2/c1-35-42-24-17-25-45(54(5,6)7)52(42)59-57(41-22-15-10-16-23-41)49-31-38(36-26-28-39(29-27-36)53(2,3)4)30-48-51(49)55(35)46-32-43-44(37-18-11-8-12-19-37)34-58-50(43)33-47(46)56(48)40-20-13-9-14-21-40/h8-34H,1H2,2-7H3. The summed E-state index contributed by atoms with van der Waals surface area (Å²) in [5, 5.41) is 3.61. The number of fused-ring (bicyclic) bond motifs is 4. The Morgan fingerprint density at radius 3 is 1.85 bits per heavy atom. The second kappa shape index (κ2) is 14.2. The Morgan fingerprint density at radius 2 is 1.19 bits per heavy atom. The van der Waals surface area contributed by atoms with E-state index < -0.39 is 0 Å². The molecule has 0 amide bonds. The highest BCUT2D eigenvalue weighted by atomic mass is 32.2. The molecule has 2 nitrogen and oxygen atoms in total. The SMILES string of the molecule is C=C1B2c3cc4c(-c5ccccc5)csc4cc3N(c3ccccc3)c3cc(-c4ccc(C(C)(C)C)cc4)cc(c32)N(c2ccccc2)Sc2c1cccc2C(C)(C)C. The second-order valence-corrected chi connectivity index (χ2v) is 19.8. The Labute approximate surface area is 358 Å². The molecule has 0 unspecified atom stereocenters. The fourth-order valence-electron chi connectivity index (χ4n) is 8.98. The molecule has 7 aromatic carbocycles. The molecule has 59 heavy (non-hydrogen) atoms. The van der Waals surface area contributed by atoms with E-state index in [0.717, 1.165) is 16.8 Å². The number of thiophene rings is 1. The van der Waals surface area contributed by atoms with E-state index >= 15 is 0 Å². The monoisotopic (exact) mass is 798 g/mol. The van der Waals surface area contributed by atoms with Crippen molar-refractivity contribution in [3.63, 3.8) is 0 Å². The molecule has 2 aliphatic heterocycles. The highest BCUT2D eigenvalue weighted by molar-refractivity contribution is 8.01. The third-order valence-electron chi connectivity index (χ3n) is 12.0. The van der Waals surface area contributed by atoms with Gasteiger partial charge >= 0.3 is 0 Å². The first kappa shape index (κ1) is 37.5. The minimum absolute atomic E-state index is 0.0599. The maximum Gasteiger partial charge on any atom is 0.249 e. The van der Waals surface area contributed by atoms with Crippen LogP contribution in [-0.4, -0.2) is 6.71 Å². The molecule has 5 heteroatoms. The Kier molecular flexibility index (Phi) is 9.04. The molecule has 0 aliphatic carbocycles. The lowest BCUT2D eigenvalue weighted by Crippen LogP contribution is -2.52. The van der Waals surface area contributed by atoms with Crippen molar-refractivity contribution < 1.29 is 0 Å². The van der Waals surface area contributed by atoms with Crippen LogP contribution in [0.3, 0.4) is 0 Å². The van der Waals surface area contributed by atoms with Crippen LogP contribution in [0.5, 0.6) is 0 Å². The van der Waals surface area contributed by atoms with Crippen molar-refractivity contribution in [2.75, 3.05) is 9.21 Å². The number of benzene rings is 7. The molecule has 0 atom stereocenters. The molecule has 0 saturated carbocycles. The van der Waals surface area contributed by atoms with Crippen LogP contribution in [0.2, 0.25) is 0 Å². The minimum atomic E-state index is -0.124. The molecule has 10 rings (SSSR count). The quantitative estimate of drug-likeness (QED) is 0.129. The summed E-state index contributed by atoms with van der Waals surface area (Å²) in [6, 6.07) is 58.6. The molecule has 3 heterocycles. The molecular formula is C54H47BN2S2. The zero-order chi connectivity index (χ0) is 40.6. The molecule has 288 valence electrons. The number of hydrogen-bond acceptors (Lipinski definition) is 4. The van der Waals surface area contributed by atoms with Crippen LogP contribution in [0.15, 0.2) is 175 Å². The number of rotatable bonds is 4. The lowest BCUT2D eigenvalue weighted by molar-refractivity contribution is 0.577. The van der Waals surface area contributed by atoms with E-state index in [4.69, 9.17) is 6.58 Å². The lowest BCUT2D eigenvalue weighted by Gasteiger charge is -2.42. The predicted octanol–water partition coefficient (Wildman–Crippen LogP) is 14.6. The Balaban J connectivity index is 1.34. The van der Waals surface area contributed by atoms with Gasteiger partial charge in [-0.15, -0.1) is 17.9 Å². The van der Waals surface area contributed by atoms with Gasteiger partial charge in [0.2, 0.25) is 6.71 Å². The number of hydrogen-bond donors (Lipinski definition) is 0. The van der Waals surface area contributed by atoms with Gasteiger partial charge in [-0.2, -0.15) is 0 Å². The molecule has 8 aromatic rings. The third kappa shape index (κ3) is 6.43. The van der Waals surface area contributed by atoms with Gasteiger partial charge in [-0.3, -0.25) is 4.31 Å². The molecule has 0 saturated heterocycles. The van der Waals surface area contributed by atoms with Crippen LogP contribution in [0.1, 0.15) is 58.2 Å². The average molecular weight is 799 g/mol. The summed E-state index contributed by atoms with van der Waals surface area (Å²) in [5.74, 6) is 0. The summed E-state index contributed by atoms with van der Waals surface area (Å²) in [6.07, 6.45) is 0. The average Bonchev–Trinajstić information content (AvgIpc) is 3.66. The second-order valence-electron chi connectivity index (χ2n) is 18.0. The minimum Gasteiger partial charge on any atom is -0.311 e. The van der Waals surface area contributed by atoms with E-state index in [9.17, 15) is 0 Å². The van der Waals surface area contributed by atoms with Crippen molar-refractivity contribution in [2.45, 2.75) is 57.3 Å². The number of para-hydroxylation sites is 2. The first-order valence-electron chi connectivity index (χ1n) is 20.6. The van der Waals surface area contributed by atoms with Crippen LogP contribution in [0.25, 0.3) is 37.8 Å². The van der Waals surface area contributed by atoms with Crippen LogP contribution in [0.4, 0.5) is 28.4 Å². The van der Waals surface area contributed by atoms with E-state index in [1.165, 1.54) is 81.9 Å². The summed E-state index contributed by atoms with van der Waals surface area (Å²) < 4.78 is 3.78. The number of anilines is 5. The molecule has 2 aliphatic rings. The van der Waals surface area contributed by atoms with Gasteiger partial charge < -0.3 is 4.90 Å². The summed E-state index contributed by atoms with van der Waals surface area (Å²) in [7, 11) is 0. The van der Waals surface area contributed by atoms with E-state index in [2.05, 4.69) is 214 Å². The summed E-state index contributed by atoms with van der Waals surface area (Å²) >= 11 is 3.66. The summed E-state index contributed by atoms with van der Waals surface area (Å²) in [5.41, 5.74) is 18.2. The smallest absolute Gasteiger partial charge is 0.249 e. The van der Waals surface area contributed by atoms with Crippen molar-refractivity contribution >= 4 is 84.9 Å². The van der Waals surface area contributed by atoms with Gasteiger partial charge in [0.1, 0.15) is 0 Å². The molecule has 0 bridgehead atoms. The predicted molar refractivity (Wildman–Crippen MR) is 260 cm³/mol. The van der Waals surface area contributed by atoms with Crippen molar-refractivity contribution in [1.82, 2.24) is 0 Å². The summed E-state index contributed by atoms with van der Waals surface area (Å²) in [6.45, 7) is 18.8. The molecule has 0 spiro atoms. The normalized spacial score (nSPS) is 13.8. The lowest BCUT2D eigenvalue weighted by atomic mass is 9.33. The van der Waals surface area contributed by atoms with Gasteiger partial charge in [0, 0.05) is 32.2 Å². The zero-order valence-corrected chi connectivity index (χ0v) is 36.2. The molecule has 1 aromatic heterocycles. The van der Waals surface area contributed by atoms with Crippen molar-refractivity contribution in [1.29, 1.82) is 0 Å². The molecule has 0 radical (unpaired) electrons. The van der Waals surface area contributed by atoms with Gasteiger partial charge in [-0.05, 0) is 120 Å². The maximum absolute atomic E-state index is 5.11. The Bertz CT molecular complexity index is 2890. The van der Waals surface area contributed by atoms with Crippen molar-refractivity contribution in [3.05, 3.63) is 186 Å². The van der Waals surface area contributed by atoms with Gasteiger partial charge in [-0.1, -0.05) is 162 Å². The molecule has 0 N–H and O–H groups in total. The first-order valence-corrected chi connectivity index (χ1v) is 22.2. The molecular weight excluding hydrogens is 752 g/mol. The van der Waals surface area contributed by atoms with E-state index in [0.29, 0.717) is 0 Å². The van der Waals surface area contributed by atoms with Crippen molar-refractivity contribution in [3.8, 4) is 22.3 Å². The molecule has 0 fully saturated rings. The number of nitrogens with zero attached hydrogens (tertiary/aromatic N) is 2. The van der Waals surface area contributed by atoms with Gasteiger partial charge in [-0.25, -0.2) is 0 Å².